The van der Waals surface area contributed by atoms with Gasteiger partial charge in [-0.3, -0.25) is 4.79 Å². The van der Waals surface area contributed by atoms with E-state index in [2.05, 4.69) is 19.9 Å². The zero-order valence-electron chi connectivity index (χ0n) is 12.0. The number of carbonyl (C=O) groups excluding carboxylic acids is 1. The molecule has 0 saturated heterocycles. The summed E-state index contributed by atoms with van der Waals surface area (Å²) >= 11 is 0. The number of ether oxygens (including phenoxy) is 1. The molecule has 1 rings (SSSR count). The molecule has 0 aliphatic rings. The molecule has 4 N–H and O–H groups in total. The summed E-state index contributed by atoms with van der Waals surface area (Å²) in [6.07, 6.45) is 2.26. The molecule has 0 aliphatic heterocycles. The van der Waals surface area contributed by atoms with Crippen LogP contribution in [0.3, 0.4) is 0 Å². The van der Waals surface area contributed by atoms with Gasteiger partial charge in [-0.1, -0.05) is 6.07 Å². The number of nitrogens with two attached hydrogens (primary N) is 2. The Balaban J connectivity index is 2.28. The maximum Gasteiger partial charge on any atom is 0.237 e. The highest BCUT2D eigenvalue weighted by Crippen LogP contribution is 2.17. The average molecular weight is 264 g/mol. The van der Waals surface area contributed by atoms with Crippen LogP contribution in [0.5, 0.6) is 5.75 Å². The third kappa shape index (κ3) is 4.91. The molecule has 0 spiro atoms. The van der Waals surface area contributed by atoms with E-state index in [4.69, 9.17) is 16.2 Å². The van der Waals surface area contributed by atoms with Crippen molar-refractivity contribution in [2.24, 2.45) is 11.5 Å². The van der Waals surface area contributed by atoms with Crippen LogP contribution < -0.4 is 16.2 Å². The van der Waals surface area contributed by atoms with Gasteiger partial charge in [-0.25, -0.2) is 0 Å². The molecule has 0 aromatic heterocycles. The molecule has 1 aromatic rings. The lowest BCUT2D eigenvalue weighted by Crippen LogP contribution is -2.49. The highest BCUT2D eigenvalue weighted by molar-refractivity contribution is 5.83. The second-order valence-electron chi connectivity index (χ2n) is 5.33. The lowest BCUT2D eigenvalue weighted by atomic mass is 9.96. The number of hydrogen-bond donors (Lipinski definition) is 2. The molecule has 1 aromatic carbocycles. The van der Waals surface area contributed by atoms with E-state index in [1.54, 1.807) is 6.92 Å². The number of hydrogen-bond acceptors (Lipinski definition) is 3. The lowest BCUT2D eigenvalue weighted by Gasteiger charge is -2.19. The second-order valence-corrected chi connectivity index (χ2v) is 5.33. The second kappa shape index (κ2) is 6.57. The molecule has 1 amide bonds. The first-order valence-electron chi connectivity index (χ1n) is 6.62. The molecule has 1 atom stereocenters. The molecular weight excluding hydrogens is 240 g/mol. The molecule has 106 valence electrons. The van der Waals surface area contributed by atoms with Gasteiger partial charge in [0.15, 0.2) is 0 Å². The van der Waals surface area contributed by atoms with Gasteiger partial charge in [0.25, 0.3) is 0 Å². The highest BCUT2D eigenvalue weighted by Gasteiger charge is 2.24. The van der Waals surface area contributed by atoms with Crippen LogP contribution in [0, 0.1) is 13.8 Å². The number of amides is 1. The first kappa shape index (κ1) is 15.5. The largest absolute Gasteiger partial charge is 0.494 e. The minimum Gasteiger partial charge on any atom is -0.494 e. The van der Waals surface area contributed by atoms with Crippen molar-refractivity contribution < 1.29 is 9.53 Å². The van der Waals surface area contributed by atoms with E-state index in [1.165, 1.54) is 11.1 Å². The Kier molecular flexibility index (Phi) is 5.36. The van der Waals surface area contributed by atoms with Gasteiger partial charge in [-0.2, -0.15) is 0 Å². The summed E-state index contributed by atoms with van der Waals surface area (Å²) in [5.41, 5.74) is 12.5. The summed E-state index contributed by atoms with van der Waals surface area (Å²) in [4.78, 5) is 11.0. The van der Waals surface area contributed by atoms with E-state index in [1.807, 2.05) is 12.1 Å². The molecule has 0 fully saturated rings. The fraction of sp³-hybridized carbons (Fsp3) is 0.533. The molecule has 0 aliphatic carbocycles. The summed E-state index contributed by atoms with van der Waals surface area (Å²) in [6, 6.07) is 6.05. The van der Waals surface area contributed by atoms with Crippen molar-refractivity contribution in [3.8, 4) is 5.75 Å². The standard InChI is InChI=1S/C15H24N2O2/c1-11-6-7-13(10-12(11)2)19-9-5-4-8-15(3,17)14(16)18/h6-7,10H,4-5,8-9,17H2,1-3H3,(H2,16,18). The van der Waals surface area contributed by atoms with Crippen molar-refractivity contribution in [3.05, 3.63) is 29.3 Å². The van der Waals surface area contributed by atoms with Crippen LogP contribution >= 0.6 is 0 Å². The van der Waals surface area contributed by atoms with Gasteiger partial charge in [0.05, 0.1) is 12.1 Å². The van der Waals surface area contributed by atoms with Crippen molar-refractivity contribution in [3.63, 3.8) is 0 Å². The van der Waals surface area contributed by atoms with Crippen LogP contribution in [-0.2, 0) is 4.79 Å². The third-order valence-electron chi connectivity index (χ3n) is 3.40. The number of primary amides is 1. The fourth-order valence-electron chi connectivity index (χ4n) is 1.71. The molecule has 1 unspecified atom stereocenters. The van der Waals surface area contributed by atoms with Crippen LogP contribution in [0.15, 0.2) is 18.2 Å². The van der Waals surface area contributed by atoms with Crippen LogP contribution in [0.25, 0.3) is 0 Å². The molecule has 4 heteroatoms. The van der Waals surface area contributed by atoms with E-state index in [9.17, 15) is 4.79 Å². The zero-order chi connectivity index (χ0) is 14.5. The minimum absolute atomic E-state index is 0.456. The predicted molar refractivity (Wildman–Crippen MR) is 77.0 cm³/mol. The molecule has 0 saturated carbocycles. The number of unbranched alkanes of at least 4 members (excludes halogenated alkanes) is 1. The maximum absolute atomic E-state index is 11.0. The van der Waals surface area contributed by atoms with Crippen molar-refractivity contribution in [2.45, 2.75) is 45.6 Å². The summed E-state index contributed by atoms with van der Waals surface area (Å²) in [5, 5.41) is 0. The number of rotatable bonds is 7. The Hall–Kier alpha value is -1.55. The quantitative estimate of drug-likeness (QED) is 0.740. The lowest BCUT2D eigenvalue weighted by molar-refractivity contribution is -0.122. The van der Waals surface area contributed by atoms with Gasteiger partial charge in [0.1, 0.15) is 5.75 Å². The molecule has 4 nitrogen and oxygen atoms in total. The van der Waals surface area contributed by atoms with Crippen molar-refractivity contribution >= 4 is 5.91 Å². The van der Waals surface area contributed by atoms with Crippen molar-refractivity contribution in [1.29, 1.82) is 0 Å². The van der Waals surface area contributed by atoms with Gasteiger partial charge in [0.2, 0.25) is 5.91 Å². The van der Waals surface area contributed by atoms with Crippen LogP contribution in [0.2, 0.25) is 0 Å². The monoisotopic (exact) mass is 264 g/mol. The fourth-order valence-corrected chi connectivity index (χ4v) is 1.71. The summed E-state index contributed by atoms with van der Waals surface area (Å²) in [5.74, 6) is 0.427. The van der Waals surface area contributed by atoms with Crippen LogP contribution in [0.1, 0.15) is 37.3 Å². The summed E-state index contributed by atoms with van der Waals surface area (Å²) < 4.78 is 5.66. The Bertz CT molecular complexity index is 442. The van der Waals surface area contributed by atoms with E-state index >= 15 is 0 Å². The van der Waals surface area contributed by atoms with Crippen LogP contribution in [0.4, 0.5) is 0 Å². The topological polar surface area (TPSA) is 78.3 Å². The third-order valence-corrected chi connectivity index (χ3v) is 3.40. The number of carbonyl (C=O) groups is 1. The van der Waals surface area contributed by atoms with Gasteiger partial charge in [0, 0.05) is 0 Å². The minimum atomic E-state index is -0.916. The normalized spacial score (nSPS) is 13.9. The van der Waals surface area contributed by atoms with Crippen molar-refractivity contribution in [1.82, 2.24) is 0 Å². The van der Waals surface area contributed by atoms with E-state index in [0.717, 1.165) is 18.6 Å². The Morgan fingerprint density at radius 3 is 2.53 bits per heavy atom. The number of aryl methyl sites for hydroxylation is 2. The first-order chi connectivity index (χ1) is 8.83. The predicted octanol–water partition coefficient (Wildman–Crippen LogP) is 2.06. The van der Waals surface area contributed by atoms with Crippen LogP contribution in [-0.4, -0.2) is 18.1 Å². The molecule has 0 bridgehead atoms. The maximum atomic E-state index is 11.0. The SMILES string of the molecule is Cc1ccc(OCCCCC(C)(N)C(N)=O)cc1C. The van der Waals surface area contributed by atoms with Gasteiger partial charge >= 0.3 is 0 Å². The number of benzene rings is 1. The van der Waals surface area contributed by atoms with Gasteiger partial charge in [-0.05, 0) is 63.3 Å². The molecule has 0 heterocycles. The van der Waals surface area contributed by atoms with Gasteiger partial charge < -0.3 is 16.2 Å². The molecule has 0 radical (unpaired) electrons. The van der Waals surface area contributed by atoms with E-state index in [-0.39, 0.29) is 0 Å². The summed E-state index contributed by atoms with van der Waals surface area (Å²) in [7, 11) is 0. The Morgan fingerprint density at radius 2 is 1.95 bits per heavy atom. The smallest absolute Gasteiger partial charge is 0.237 e. The molecular formula is C15H24N2O2. The molecule has 19 heavy (non-hydrogen) atoms. The Labute approximate surface area is 115 Å². The van der Waals surface area contributed by atoms with E-state index in [0.29, 0.717) is 13.0 Å². The van der Waals surface area contributed by atoms with Crippen molar-refractivity contribution in [2.75, 3.05) is 6.61 Å². The summed E-state index contributed by atoms with van der Waals surface area (Å²) in [6.45, 7) is 6.43. The average Bonchev–Trinajstić information content (AvgIpc) is 2.33. The zero-order valence-corrected chi connectivity index (χ0v) is 12.0. The first-order valence-corrected chi connectivity index (χ1v) is 6.62. The highest BCUT2D eigenvalue weighted by atomic mass is 16.5. The van der Waals surface area contributed by atoms with Gasteiger partial charge in [-0.15, -0.1) is 0 Å². The Morgan fingerprint density at radius 1 is 1.26 bits per heavy atom. The van der Waals surface area contributed by atoms with E-state index < -0.39 is 11.4 Å².